The fourth-order valence-electron chi connectivity index (χ4n) is 2.32. The molecule has 0 saturated heterocycles. The summed E-state index contributed by atoms with van der Waals surface area (Å²) in [7, 11) is 0. The predicted molar refractivity (Wildman–Crippen MR) is 96.7 cm³/mol. The van der Waals surface area contributed by atoms with Crippen molar-refractivity contribution in [2.24, 2.45) is 0 Å². The zero-order chi connectivity index (χ0) is 16.5. The molecular formula is C18H11ClN2O2S. The monoisotopic (exact) mass is 354 g/mol. The highest BCUT2D eigenvalue weighted by Gasteiger charge is 2.10. The van der Waals surface area contributed by atoms with Crippen molar-refractivity contribution in [2.45, 2.75) is 0 Å². The SMILES string of the molecule is O=C(Nc1ccc(-c2nc3ccc(Cl)cc3o2)cc1)c1cccs1. The van der Waals surface area contributed by atoms with Crippen LogP contribution in [-0.4, -0.2) is 10.9 Å². The van der Waals surface area contributed by atoms with Crippen LogP contribution in [0.15, 0.2) is 64.4 Å². The lowest BCUT2D eigenvalue weighted by Gasteiger charge is -2.04. The molecule has 4 aromatic rings. The van der Waals surface area contributed by atoms with E-state index >= 15 is 0 Å². The van der Waals surface area contributed by atoms with Gasteiger partial charge in [0.2, 0.25) is 5.89 Å². The number of nitrogens with zero attached hydrogens (tertiary/aromatic N) is 1. The summed E-state index contributed by atoms with van der Waals surface area (Å²) in [6.45, 7) is 0. The maximum absolute atomic E-state index is 12.0. The average molecular weight is 355 g/mol. The van der Waals surface area contributed by atoms with Crippen LogP contribution in [0.2, 0.25) is 5.02 Å². The lowest BCUT2D eigenvalue weighted by molar-refractivity contribution is 0.103. The van der Waals surface area contributed by atoms with E-state index in [0.717, 1.165) is 16.8 Å². The summed E-state index contributed by atoms with van der Waals surface area (Å²) in [5, 5.41) is 5.34. The minimum absolute atomic E-state index is 0.116. The summed E-state index contributed by atoms with van der Waals surface area (Å²) in [5.74, 6) is 0.401. The molecule has 2 heterocycles. The summed E-state index contributed by atoms with van der Waals surface area (Å²) in [5.41, 5.74) is 2.95. The summed E-state index contributed by atoms with van der Waals surface area (Å²) >= 11 is 7.36. The number of anilines is 1. The second kappa shape index (κ2) is 6.11. The highest BCUT2D eigenvalue weighted by Crippen LogP contribution is 2.27. The van der Waals surface area contributed by atoms with Crippen LogP contribution in [0.3, 0.4) is 0 Å². The van der Waals surface area contributed by atoms with E-state index in [4.69, 9.17) is 16.0 Å². The number of nitrogens with one attached hydrogen (secondary N) is 1. The van der Waals surface area contributed by atoms with Crippen molar-refractivity contribution < 1.29 is 9.21 Å². The molecule has 0 saturated carbocycles. The first-order chi connectivity index (χ1) is 11.7. The van der Waals surface area contributed by atoms with E-state index in [9.17, 15) is 4.79 Å². The second-order valence-electron chi connectivity index (χ2n) is 5.14. The molecule has 0 aliphatic carbocycles. The predicted octanol–water partition coefficient (Wildman–Crippen LogP) is 5.46. The number of rotatable bonds is 3. The zero-order valence-corrected chi connectivity index (χ0v) is 13.9. The standard InChI is InChI=1S/C18H11ClN2O2S/c19-12-5-8-14-15(10-12)23-18(21-14)11-3-6-13(7-4-11)20-17(22)16-2-1-9-24-16/h1-10H,(H,20,22). The van der Waals surface area contributed by atoms with Gasteiger partial charge >= 0.3 is 0 Å². The van der Waals surface area contributed by atoms with Crippen LogP contribution in [-0.2, 0) is 0 Å². The molecule has 0 bridgehead atoms. The molecule has 4 rings (SSSR count). The molecule has 0 aliphatic rings. The lowest BCUT2D eigenvalue weighted by Crippen LogP contribution is -2.09. The largest absolute Gasteiger partial charge is 0.436 e. The van der Waals surface area contributed by atoms with Crippen molar-refractivity contribution in [1.82, 2.24) is 4.98 Å². The molecule has 2 aromatic heterocycles. The molecular weight excluding hydrogens is 344 g/mol. The van der Waals surface area contributed by atoms with E-state index in [0.29, 0.717) is 21.4 Å². The van der Waals surface area contributed by atoms with Crippen LogP contribution in [0, 0.1) is 0 Å². The molecule has 0 spiro atoms. The van der Waals surface area contributed by atoms with E-state index in [2.05, 4.69) is 10.3 Å². The maximum atomic E-state index is 12.0. The molecule has 1 amide bonds. The Bertz CT molecular complexity index is 1010. The third kappa shape index (κ3) is 2.91. The summed E-state index contributed by atoms with van der Waals surface area (Å²) in [4.78, 5) is 17.2. The Balaban J connectivity index is 1.57. The molecule has 4 nitrogen and oxygen atoms in total. The van der Waals surface area contributed by atoms with E-state index in [1.807, 2.05) is 41.8 Å². The molecule has 0 aliphatic heterocycles. The van der Waals surface area contributed by atoms with Crippen LogP contribution < -0.4 is 5.32 Å². The van der Waals surface area contributed by atoms with Crippen molar-refractivity contribution in [1.29, 1.82) is 0 Å². The Morgan fingerprint density at radius 1 is 1.12 bits per heavy atom. The van der Waals surface area contributed by atoms with Gasteiger partial charge in [0.05, 0.1) is 4.88 Å². The normalized spacial score (nSPS) is 10.9. The van der Waals surface area contributed by atoms with Crippen LogP contribution in [0.25, 0.3) is 22.6 Å². The number of hydrogen-bond acceptors (Lipinski definition) is 4. The Labute approximate surface area is 146 Å². The summed E-state index contributed by atoms with van der Waals surface area (Å²) in [6.07, 6.45) is 0. The molecule has 1 N–H and O–H groups in total. The number of carbonyl (C=O) groups is 1. The van der Waals surface area contributed by atoms with Gasteiger partial charge in [-0.1, -0.05) is 17.7 Å². The summed E-state index contributed by atoms with van der Waals surface area (Å²) < 4.78 is 5.73. The van der Waals surface area contributed by atoms with E-state index < -0.39 is 0 Å². The van der Waals surface area contributed by atoms with Crippen molar-refractivity contribution in [3.63, 3.8) is 0 Å². The number of amides is 1. The number of carbonyl (C=O) groups excluding carboxylic acids is 1. The van der Waals surface area contributed by atoms with Crippen molar-refractivity contribution >= 4 is 45.6 Å². The third-order valence-corrected chi connectivity index (χ3v) is 4.59. The molecule has 6 heteroatoms. The highest BCUT2D eigenvalue weighted by molar-refractivity contribution is 7.12. The van der Waals surface area contributed by atoms with Crippen LogP contribution in [0.1, 0.15) is 9.67 Å². The van der Waals surface area contributed by atoms with Gasteiger partial charge in [-0.05, 0) is 47.8 Å². The first kappa shape index (κ1) is 14.9. The van der Waals surface area contributed by atoms with Gasteiger partial charge in [-0.25, -0.2) is 4.98 Å². The van der Waals surface area contributed by atoms with Crippen molar-refractivity contribution in [2.75, 3.05) is 5.32 Å². The zero-order valence-electron chi connectivity index (χ0n) is 12.3. The van der Waals surface area contributed by atoms with Gasteiger partial charge in [0, 0.05) is 22.3 Å². The maximum Gasteiger partial charge on any atom is 0.265 e. The minimum Gasteiger partial charge on any atom is -0.436 e. The van der Waals surface area contributed by atoms with E-state index in [-0.39, 0.29) is 5.91 Å². The van der Waals surface area contributed by atoms with E-state index in [1.165, 1.54) is 11.3 Å². The fraction of sp³-hybridized carbons (Fsp3) is 0. The van der Waals surface area contributed by atoms with Crippen molar-refractivity contribution in [3.05, 3.63) is 69.9 Å². The number of aromatic nitrogens is 1. The van der Waals surface area contributed by atoms with Crippen LogP contribution in [0.4, 0.5) is 5.69 Å². The van der Waals surface area contributed by atoms with Gasteiger partial charge in [0.1, 0.15) is 5.52 Å². The first-order valence-corrected chi connectivity index (χ1v) is 8.46. The third-order valence-electron chi connectivity index (χ3n) is 3.49. The average Bonchev–Trinajstić information content (AvgIpc) is 3.24. The quantitative estimate of drug-likeness (QED) is 0.531. The van der Waals surface area contributed by atoms with Gasteiger partial charge in [-0.15, -0.1) is 11.3 Å². The fourth-order valence-corrected chi connectivity index (χ4v) is 3.10. The number of halogens is 1. The minimum atomic E-state index is -0.116. The van der Waals surface area contributed by atoms with Crippen molar-refractivity contribution in [3.8, 4) is 11.5 Å². The van der Waals surface area contributed by atoms with Gasteiger partial charge in [-0.2, -0.15) is 0 Å². The van der Waals surface area contributed by atoms with Crippen LogP contribution in [0.5, 0.6) is 0 Å². The number of thiophene rings is 1. The Kier molecular flexibility index (Phi) is 3.80. The molecule has 24 heavy (non-hydrogen) atoms. The van der Waals surface area contributed by atoms with Gasteiger partial charge in [0.15, 0.2) is 5.58 Å². The van der Waals surface area contributed by atoms with E-state index in [1.54, 1.807) is 18.2 Å². The Morgan fingerprint density at radius 3 is 2.71 bits per heavy atom. The number of oxazole rings is 1. The first-order valence-electron chi connectivity index (χ1n) is 7.20. The molecule has 118 valence electrons. The van der Waals surface area contributed by atoms with Crippen LogP contribution >= 0.6 is 22.9 Å². The smallest absolute Gasteiger partial charge is 0.265 e. The Hall–Kier alpha value is -2.63. The van der Waals surface area contributed by atoms with Gasteiger partial charge in [-0.3, -0.25) is 4.79 Å². The molecule has 0 unspecified atom stereocenters. The molecule has 0 radical (unpaired) electrons. The second-order valence-corrected chi connectivity index (χ2v) is 6.52. The number of hydrogen-bond donors (Lipinski definition) is 1. The van der Waals surface area contributed by atoms with Gasteiger partial charge in [0.25, 0.3) is 5.91 Å². The lowest BCUT2D eigenvalue weighted by atomic mass is 10.2. The number of fused-ring (bicyclic) bond motifs is 1. The molecule has 2 aromatic carbocycles. The summed E-state index contributed by atoms with van der Waals surface area (Å²) in [6, 6.07) is 16.3. The molecule has 0 atom stereocenters. The number of benzene rings is 2. The highest BCUT2D eigenvalue weighted by atomic mass is 35.5. The topological polar surface area (TPSA) is 55.1 Å². The molecule has 0 fully saturated rings. The van der Waals surface area contributed by atoms with Gasteiger partial charge < -0.3 is 9.73 Å². The Morgan fingerprint density at radius 2 is 1.96 bits per heavy atom.